The minimum atomic E-state index is -0.826. The number of nitrogens with zero attached hydrogens (tertiary/aromatic N) is 1. The van der Waals surface area contributed by atoms with Gasteiger partial charge in [-0.1, -0.05) is 148 Å². The molecule has 0 unspecified atom stereocenters. The van der Waals surface area contributed by atoms with Crippen molar-refractivity contribution in [1.82, 2.24) is 4.98 Å². The molecule has 5 rings (SSSR count). The smallest absolute Gasteiger partial charge is 0.0409 e. The van der Waals surface area contributed by atoms with Crippen molar-refractivity contribution < 1.29 is 41.7 Å². The first-order valence-corrected chi connectivity index (χ1v) is 29.1. The van der Waals surface area contributed by atoms with E-state index in [1.54, 1.807) is 0 Å². The Hall–Kier alpha value is 2.08. The first-order chi connectivity index (χ1) is 19.6. The van der Waals surface area contributed by atoms with Gasteiger partial charge in [0.25, 0.3) is 0 Å². The third-order valence-corrected chi connectivity index (χ3v) is 9.15. The molecular weight excluding hydrogens is 783 g/mol. The standard InChI is InChI=1S/C17H25N.2C8H16.4CH3.4ClH.2Zr/c1-2-7-14(6-1)12-16-10-5-11-17(18-16)13-15-8-3-4-9-15;2*1-2-5-8-6-3-4-7-8;;;;;;;;;;/h5,10-11,14-15H,1-4,6-9,12-13H2;2*8H,2-7H2,1H3;4*1H3;4*1H;;/q;;;4*-1;;;;;2*+4/p-4. The van der Waals surface area contributed by atoms with E-state index >= 15 is 0 Å². The van der Waals surface area contributed by atoms with E-state index < -0.39 is 41.7 Å². The summed E-state index contributed by atoms with van der Waals surface area (Å²) >= 11 is -1.65. The number of rotatable bonds is 8. The quantitative estimate of drug-likeness (QED) is 0.238. The van der Waals surface area contributed by atoms with Crippen LogP contribution in [0.5, 0.6) is 0 Å². The SMILES string of the molecule is CCCC1CCCC1.CCCC1CCCC1.[CH3-].[CH3-].[CH3-].[CH3-].[Cl][Zr+2][Cl].[Cl][Zr+2][Cl].c1cc(CC2CCCC2)nc(CC2CCCC2)c1. The fourth-order valence-electron chi connectivity index (χ4n) is 7.19. The van der Waals surface area contributed by atoms with Crippen molar-refractivity contribution in [3.05, 3.63) is 59.3 Å². The van der Waals surface area contributed by atoms with Gasteiger partial charge in [0, 0.05) is 11.4 Å². The Morgan fingerprint density at radius 3 is 1.02 bits per heavy atom. The van der Waals surface area contributed by atoms with Crippen LogP contribution in [-0.2, 0) is 54.5 Å². The number of hydrogen-bond donors (Lipinski definition) is 0. The Morgan fingerprint density at radius 1 is 0.523 bits per heavy atom. The van der Waals surface area contributed by atoms with Crippen molar-refractivity contribution in [2.45, 2.75) is 155 Å². The molecule has 1 nitrogen and oxygen atoms in total. The van der Waals surface area contributed by atoms with Crippen molar-refractivity contribution in [2.75, 3.05) is 0 Å². The molecule has 0 amide bonds. The predicted molar refractivity (Wildman–Crippen MR) is 198 cm³/mol. The van der Waals surface area contributed by atoms with E-state index in [0.29, 0.717) is 0 Å². The zero-order valence-electron chi connectivity index (χ0n) is 29.6. The van der Waals surface area contributed by atoms with E-state index in [4.69, 9.17) is 39.0 Å². The molecule has 0 spiro atoms. The van der Waals surface area contributed by atoms with Crippen LogP contribution in [0.15, 0.2) is 18.2 Å². The minimum absolute atomic E-state index is 0. The molecule has 0 aromatic carbocycles. The van der Waals surface area contributed by atoms with Crippen molar-refractivity contribution >= 4 is 34.1 Å². The second kappa shape index (κ2) is 37.9. The van der Waals surface area contributed by atoms with Crippen LogP contribution in [0, 0.1) is 53.4 Å². The Bertz CT molecular complexity index is 620. The zero-order valence-corrected chi connectivity index (χ0v) is 37.5. The average molecular weight is 852 g/mol. The van der Waals surface area contributed by atoms with Gasteiger partial charge < -0.3 is 29.7 Å². The molecule has 1 aromatic heterocycles. The summed E-state index contributed by atoms with van der Waals surface area (Å²) in [6.45, 7) is 4.58. The normalized spacial score (nSPS) is 17.4. The van der Waals surface area contributed by atoms with Crippen LogP contribution in [0.3, 0.4) is 0 Å². The van der Waals surface area contributed by atoms with E-state index in [1.807, 2.05) is 0 Å². The van der Waals surface area contributed by atoms with Gasteiger partial charge in [0.1, 0.15) is 0 Å². The molecule has 0 aliphatic heterocycles. The molecule has 7 heteroatoms. The third kappa shape index (κ3) is 28.0. The van der Waals surface area contributed by atoms with Gasteiger partial charge in [0.2, 0.25) is 0 Å². The first-order valence-electron chi connectivity index (χ1n) is 16.5. The van der Waals surface area contributed by atoms with E-state index in [1.165, 1.54) is 153 Å². The molecule has 0 saturated heterocycles. The van der Waals surface area contributed by atoms with Gasteiger partial charge in [-0.3, -0.25) is 4.98 Å². The molecule has 4 aliphatic rings. The zero-order chi connectivity index (χ0) is 29.3. The maximum atomic E-state index is 4.93. The summed E-state index contributed by atoms with van der Waals surface area (Å²) in [6, 6.07) is 6.69. The molecule has 0 bridgehead atoms. The number of hydrogen-bond acceptors (Lipinski definition) is 1. The van der Waals surface area contributed by atoms with Crippen LogP contribution in [0.2, 0.25) is 0 Å². The Labute approximate surface area is 315 Å². The summed E-state index contributed by atoms with van der Waals surface area (Å²) in [5, 5.41) is 0. The largest absolute Gasteiger partial charge is 0.258 e. The maximum absolute atomic E-state index is 4.93. The molecule has 0 radical (unpaired) electrons. The van der Waals surface area contributed by atoms with Crippen LogP contribution in [-0.4, -0.2) is 4.98 Å². The summed E-state index contributed by atoms with van der Waals surface area (Å²) in [7, 11) is 19.7. The van der Waals surface area contributed by atoms with Crippen LogP contribution in [0.1, 0.15) is 154 Å². The summed E-state index contributed by atoms with van der Waals surface area (Å²) in [5.41, 5.74) is 2.69. The van der Waals surface area contributed by atoms with Crippen LogP contribution in [0.4, 0.5) is 0 Å². The van der Waals surface area contributed by atoms with Gasteiger partial charge in [-0.2, -0.15) is 0 Å². The fraction of sp³-hybridized carbons (Fsp3) is 0.757. The monoisotopic (exact) mass is 847 g/mol. The summed E-state index contributed by atoms with van der Waals surface area (Å²) in [5.74, 6) is 4.05. The van der Waals surface area contributed by atoms with Gasteiger partial charge in [-0.15, -0.1) is 0 Å². The van der Waals surface area contributed by atoms with Crippen LogP contribution < -0.4 is 0 Å². The maximum Gasteiger partial charge on any atom is 0.0409 e. The minimum Gasteiger partial charge on any atom is -0.258 e. The van der Waals surface area contributed by atoms with E-state index in [2.05, 4.69) is 32.0 Å². The molecule has 0 atom stereocenters. The number of pyridine rings is 1. The van der Waals surface area contributed by atoms with Crippen molar-refractivity contribution in [3.8, 4) is 0 Å². The first kappa shape index (κ1) is 52.9. The molecule has 44 heavy (non-hydrogen) atoms. The van der Waals surface area contributed by atoms with Gasteiger partial charge in [0.15, 0.2) is 0 Å². The molecule has 4 aliphatic carbocycles. The van der Waals surface area contributed by atoms with E-state index in [0.717, 1.165) is 23.7 Å². The molecular formula is C37H69Cl4NZr2. The van der Waals surface area contributed by atoms with Crippen molar-refractivity contribution in [1.29, 1.82) is 0 Å². The second-order valence-electron chi connectivity index (χ2n) is 12.4. The summed E-state index contributed by atoms with van der Waals surface area (Å²) in [6.07, 6.45) is 31.8. The van der Waals surface area contributed by atoms with Gasteiger partial charge in [0.05, 0.1) is 0 Å². The van der Waals surface area contributed by atoms with Gasteiger partial charge in [-0.25, -0.2) is 0 Å². The second-order valence-corrected chi connectivity index (χ2v) is 19.8. The Kier molecular flexibility index (Phi) is 45.5. The summed E-state index contributed by atoms with van der Waals surface area (Å²) in [4.78, 5) is 4.90. The molecule has 4 saturated carbocycles. The van der Waals surface area contributed by atoms with E-state index in [-0.39, 0.29) is 29.7 Å². The fourth-order valence-corrected chi connectivity index (χ4v) is 7.19. The molecule has 1 heterocycles. The Balaban J connectivity index is -0.000000262. The molecule has 0 N–H and O–H groups in total. The number of halogens is 4. The van der Waals surface area contributed by atoms with Gasteiger partial charge >= 0.3 is 75.7 Å². The number of aromatic nitrogens is 1. The molecule has 1 aromatic rings. The molecule has 258 valence electrons. The van der Waals surface area contributed by atoms with Gasteiger partial charge in [-0.05, 0) is 48.6 Å². The Morgan fingerprint density at radius 2 is 0.773 bits per heavy atom. The van der Waals surface area contributed by atoms with E-state index in [9.17, 15) is 0 Å². The predicted octanol–water partition coefficient (Wildman–Crippen LogP) is 15.1. The van der Waals surface area contributed by atoms with Crippen molar-refractivity contribution in [2.24, 2.45) is 23.7 Å². The molecule has 4 fully saturated rings. The van der Waals surface area contributed by atoms with Crippen LogP contribution >= 0.6 is 34.1 Å². The van der Waals surface area contributed by atoms with Crippen molar-refractivity contribution in [3.63, 3.8) is 0 Å². The van der Waals surface area contributed by atoms with Crippen LogP contribution in [0.25, 0.3) is 0 Å². The topological polar surface area (TPSA) is 12.9 Å². The third-order valence-electron chi connectivity index (χ3n) is 9.15. The summed E-state index contributed by atoms with van der Waals surface area (Å²) < 4.78 is 0. The average Bonchev–Trinajstić information content (AvgIpc) is 3.76.